The highest BCUT2D eigenvalue weighted by atomic mass is 16.6. The predicted molar refractivity (Wildman–Crippen MR) is 108 cm³/mol. The van der Waals surface area contributed by atoms with Gasteiger partial charge in [0, 0.05) is 34.1 Å². The number of ether oxygens (including phenoxy) is 5. The third-order valence-corrected chi connectivity index (χ3v) is 4.01. The van der Waals surface area contributed by atoms with Crippen LogP contribution < -0.4 is 0 Å². The van der Waals surface area contributed by atoms with E-state index in [4.69, 9.17) is 23.7 Å². The summed E-state index contributed by atoms with van der Waals surface area (Å²) in [6, 6.07) is 0. The molecule has 31 heavy (non-hydrogen) atoms. The van der Waals surface area contributed by atoms with Gasteiger partial charge in [0.05, 0.1) is 0 Å². The molecule has 0 saturated carbocycles. The average Bonchev–Trinajstić information content (AvgIpc) is 2.65. The van der Waals surface area contributed by atoms with E-state index < -0.39 is 61.4 Å². The Bertz CT molecular complexity index is 601. The van der Waals surface area contributed by atoms with Crippen LogP contribution in [0.5, 0.6) is 0 Å². The summed E-state index contributed by atoms with van der Waals surface area (Å²) in [4.78, 5) is 57.9. The number of hydrogen-bond donors (Lipinski definition) is 0. The Balaban J connectivity index is 5.29. The van der Waals surface area contributed by atoms with Crippen LogP contribution in [0.25, 0.3) is 0 Å². The maximum absolute atomic E-state index is 12.0. The number of esters is 5. The van der Waals surface area contributed by atoms with Gasteiger partial charge in [0.1, 0.15) is 13.2 Å². The summed E-state index contributed by atoms with van der Waals surface area (Å²) in [5.74, 6) is -3.38. The van der Waals surface area contributed by atoms with Gasteiger partial charge in [-0.3, -0.25) is 24.0 Å². The van der Waals surface area contributed by atoms with E-state index in [2.05, 4.69) is 6.92 Å². The van der Waals surface area contributed by atoms with E-state index in [9.17, 15) is 24.0 Å². The lowest BCUT2D eigenvalue weighted by atomic mass is 10.1. The van der Waals surface area contributed by atoms with Gasteiger partial charge in [0.2, 0.25) is 0 Å². The zero-order chi connectivity index (χ0) is 23.8. The van der Waals surface area contributed by atoms with Gasteiger partial charge in [-0.25, -0.2) is 0 Å². The van der Waals surface area contributed by atoms with Crippen LogP contribution in [0.2, 0.25) is 0 Å². The van der Waals surface area contributed by atoms with Crippen molar-refractivity contribution in [2.24, 2.45) is 0 Å². The standard InChI is InChI=1S/C21H34O10/c1-6-7-8-9-10-11-20(26)28-13-19(30-16(4)24)21(31-17(5)25)18(29-15(3)23)12-27-14(2)22/h18-19,21H,6-13H2,1-5H3/t18-,19+,21+/m1/s1. The van der Waals surface area contributed by atoms with Crippen molar-refractivity contribution in [1.82, 2.24) is 0 Å². The zero-order valence-corrected chi connectivity index (χ0v) is 19.0. The first kappa shape index (κ1) is 28.4. The molecule has 10 nitrogen and oxygen atoms in total. The van der Waals surface area contributed by atoms with Crippen molar-refractivity contribution in [3.63, 3.8) is 0 Å². The van der Waals surface area contributed by atoms with Crippen LogP contribution in [-0.4, -0.2) is 61.4 Å². The first-order chi connectivity index (χ1) is 14.6. The molecule has 0 aromatic carbocycles. The molecule has 0 saturated heterocycles. The van der Waals surface area contributed by atoms with Gasteiger partial charge < -0.3 is 23.7 Å². The fourth-order valence-electron chi connectivity index (χ4n) is 2.72. The van der Waals surface area contributed by atoms with Crippen LogP contribution in [0.1, 0.15) is 73.1 Å². The second kappa shape index (κ2) is 16.1. The minimum atomic E-state index is -1.36. The van der Waals surface area contributed by atoms with Crippen LogP contribution in [0.3, 0.4) is 0 Å². The highest BCUT2D eigenvalue weighted by Gasteiger charge is 2.38. The fraction of sp³-hybridized carbons (Fsp3) is 0.762. The smallest absolute Gasteiger partial charge is 0.305 e. The quantitative estimate of drug-likeness (QED) is 0.210. The van der Waals surface area contributed by atoms with Crippen molar-refractivity contribution < 1.29 is 47.7 Å². The topological polar surface area (TPSA) is 132 Å². The van der Waals surface area contributed by atoms with E-state index in [-0.39, 0.29) is 6.42 Å². The molecule has 0 fully saturated rings. The normalized spacial score (nSPS) is 13.3. The lowest BCUT2D eigenvalue weighted by molar-refractivity contribution is -0.194. The van der Waals surface area contributed by atoms with E-state index in [1.165, 1.54) is 0 Å². The van der Waals surface area contributed by atoms with Gasteiger partial charge in [-0.05, 0) is 6.42 Å². The number of hydrogen-bond acceptors (Lipinski definition) is 10. The molecule has 0 bridgehead atoms. The zero-order valence-electron chi connectivity index (χ0n) is 19.0. The summed E-state index contributed by atoms with van der Waals surface area (Å²) in [5, 5.41) is 0. The Hall–Kier alpha value is -2.65. The molecule has 10 heteroatoms. The third-order valence-electron chi connectivity index (χ3n) is 4.01. The molecule has 0 aliphatic rings. The summed E-state index contributed by atoms with van der Waals surface area (Å²) in [7, 11) is 0. The Morgan fingerprint density at radius 2 is 1.10 bits per heavy atom. The van der Waals surface area contributed by atoms with Gasteiger partial charge in [0.15, 0.2) is 18.3 Å². The fourth-order valence-corrected chi connectivity index (χ4v) is 2.72. The van der Waals surface area contributed by atoms with Crippen LogP contribution in [-0.2, 0) is 47.7 Å². The van der Waals surface area contributed by atoms with E-state index in [1.54, 1.807) is 0 Å². The molecule has 0 heterocycles. The first-order valence-electron chi connectivity index (χ1n) is 10.4. The minimum Gasteiger partial charge on any atom is -0.462 e. The highest BCUT2D eigenvalue weighted by Crippen LogP contribution is 2.16. The Labute approximate surface area is 182 Å². The van der Waals surface area contributed by atoms with E-state index in [1.807, 2.05) is 0 Å². The highest BCUT2D eigenvalue weighted by molar-refractivity contribution is 5.70. The molecule has 0 amide bonds. The Kier molecular flexibility index (Phi) is 14.7. The molecule has 178 valence electrons. The molecule has 0 N–H and O–H groups in total. The summed E-state index contributed by atoms with van der Waals surface area (Å²) in [6.07, 6.45) is 1.03. The van der Waals surface area contributed by atoms with E-state index >= 15 is 0 Å². The number of unbranched alkanes of at least 4 members (excludes halogenated alkanes) is 4. The largest absolute Gasteiger partial charge is 0.462 e. The molecule has 3 atom stereocenters. The van der Waals surface area contributed by atoms with Crippen LogP contribution in [0.4, 0.5) is 0 Å². The van der Waals surface area contributed by atoms with Crippen molar-refractivity contribution >= 4 is 29.8 Å². The van der Waals surface area contributed by atoms with Crippen LogP contribution in [0, 0.1) is 0 Å². The predicted octanol–water partition coefficient (Wildman–Crippen LogP) is 2.25. The summed E-state index contributed by atoms with van der Waals surface area (Å²) >= 11 is 0. The second-order valence-corrected chi connectivity index (χ2v) is 7.02. The van der Waals surface area contributed by atoms with Crippen molar-refractivity contribution in [2.45, 2.75) is 91.5 Å². The molecular formula is C21H34O10. The van der Waals surface area contributed by atoms with Gasteiger partial charge in [-0.15, -0.1) is 0 Å². The minimum absolute atomic E-state index is 0.190. The van der Waals surface area contributed by atoms with Crippen LogP contribution in [0.15, 0.2) is 0 Å². The van der Waals surface area contributed by atoms with Crippen molar-refractivity contribution in [3.8, 4) is 0 Å². The van der Waals surface area contributed by atoms with Crippen molar-refractivity contribution in [2.75, 3.05) is 13.2 Å². The molecular weight excluding hydrogens is 412 g/mol. The molecule has 0 radical (unpaired) electrons. The molecule has 0 aliphatic carbocycles. The monoisotopic (exact) mass is 446 g/mol. The molecule has 0 unspecified atom stereocenters. The van der Waals surface area contributed by atoms with Gasteiger partial charge >= 0.3 is 29.8 Å². The number of rotatable bonds is 15. The lowest BCUT2D eigenvalue weighted by Gasteiger charge is -2.31. The van der Waals surface area contributed by atoms with Gasteiger partial charge in [-0.2, -0.15) is 0 Å². The molecule has 0 aromatic rings. The van der Waals surface area contributed by atoms with Crippen molar-refractivity contribution in [1.29, 1.82) is 0 Å². The summed E-state index contributed by atoms with van der Waals surface area (Å²) < 4.78 is 25.5. The number of carbonyl (C=O) groups is 5. The Morgan fingerprint density at radius 1 is 0.613 bits per heavy atom. The second-order valence-electron chi connectivity index (χ2n) is 7.02. The van der Waals surface area contributed by atoms with E-state index in [0.717, 1.165) is 53.4 Å². The molecule has 0 aromatic heterocycles. The SMILES string of the molecule is CCCCCCCC(=O)OC[C@H](OC(C)=O)[C@@H](OC(C)=O)[C@@H](COC(C)=O)OC(C)=O. The molecule has 0 aliphatic heterocycles. The summed E-state index contributed by atoms with van der Waals surface area (Å²) in [5.41, 5.74) is 0. The van der Waals surface area contributed by atoms with Gasteiger partial charge in [0.25, 0.3) is 0 Å². The molecule has 0 rings (SSSR count). The summed E-state index contributed by atoms with van der Waals surface area (Å²) in [6.45, 7) is 5.71. The maximum Gasteiger partial charge on any atom is 0.305 e. The maximum atomic E-state index is 12.0. The van der Waals surface area contributed by atoms with Gasteiger partial charge in [-0.1, -0.05) is 32.6 Å². The van der Waals surface area contributed by atoms with Crippen LogP contribution >= 0.6 is 0 Å². The lowest BCUT2D eigenvalue weighted by Crippen LogP contribution is -2.49. The number of carbonyl (C=O) groups excluding carboxylic acids is 5. The van der Waals surface area contributed by atoms with E-state index in [0.29, 0.717) is 6.42 Å². The average molecular weight is 446 g/mol. The first-order valence-corrected chi connectivity index (χ1v) is 10.4. The molecule has 0 spiro atoms. The Morgan fingerprint density at radius 3 is 1.55 bits per heavy atom. The third kappa shape index (κ3) is 14.9. The van der Waals surface area contributed by atoms with Crippen molar-refractivity contribution in [3.05, 3.63) is 0 Å².